The van der Waals surface area contributed by atoms with Gasteiger partial charge in [-0.05, 0) is 18.8 Å². The van der Waals surface area contributed by atoms with E-state index in [9.17, 15) is 19.8 Å². The minimum atomic E-state index is -1.26. The number of hydrogen-bond acceptors (Lipinski definition) is 6. The highest BCUT2D eigenvalue weighted by molar-refractivity contribution is 5.79. The molecule has 6 heteroatoms. The molecule has 0 saturated carbocycles. The largest absolute Gasteiger partial charge is 0.392 e. The van der Waals surface area contributed by atoms with Crippen LogP contribution in [0.15, 0.2) is 0 Å². The summed E-state index contributed by atoms with van der Waals surface area (Å²) in [6.45, 7) is 14.3. The van der Waals surface area contributed by atoms with Crippen molar-refractivity contribution in [3.05, 3.63) is 0 Å². The van der Waals surface area contributed by atoms with Gasteiger partial charge < -0.3 is 10.2 Å². The van der Waals surface area contributed by atoms with Gasteiger partial charge in [-0.3, -0.25) is 0 Å². The number of rotatable bonds is 10. The van der Waals surface area contributed by atoms with Crippen molar-refractivity contribution in [2.24, 2.45) is 22.7 Å². The van der Waals surface area contributed by atoms with Crippen molar-refractivity contribution in [3.8, 4) is 0 Å². The van der Waals surface area contributed by atoms with E-state index in [0.717, 1.165) is 6.42 Å². The standard InChI is InChI=1S/C20H38O6/c1-9-11-12-20(10-2,18(24)26-25-16(22)14(5)6)17(23)19(7,8)15(21)13(3)4/h13-15,17,21,23H,9-12H2,1-8H3. The fourth-order valence-electron chi connectivity index (χ4n) is 3.35. The summed E-state index contributed by atoms with van der Waals surface area (Å²) in [7, 11) is 0. The van der Waals surface area contributed by atoms with Crippen molar-refractivity contribution >= 4 is 11.9 Å². The molecular weight excluding hydrogens is 336 g/mol. The summed E-state index contributed by atoms with van der Waals surface area (Å²) in [6.07, 6.45) is 0.255. The molecule has 2 N–H and O–H groups in total. The Balaban J connectivity index is 5.72. The third-order valence-electron chi connectivity index (χ3n) is 5.31. The van der Waals surface area contributed by atoms with Crippen LogP contribution in [0.25, 0.3) is 0 Å². The van der Waals surface area contributed by atoms with Gasteiger partial charge in [0.05, 0.1) is 23.5 Å². The second-order valence-electron chi connectivity index (χ2n) is 8.45. The van der Waals surface area contributed by atoms with Gasteiger partial charge in [0.1, 0.15) is 0 Å². The van der Waals surface area contributed by atoms with Crippen LogP contribution in [0.5, 0.6) is 0 Å². The summed E-state index contributed by atoms with van der Waals surface area (Å²) >= 11 is 0. The Morgan fingerprint density at radius 3 is 1.92 bits per heavy atom. The van der Waals surface area contributed by atoms with Gasteiger partial charge in [-0.25, -0.2) is 19.4 Å². The SMILES string of the molecule is CCCCC(CC)(C(=O)OOC(=O)C(C)C)C(O)C(C)(C)C(O)C(C)C. The van der Waals surface area contributed by atoms with E-state index in [1.807, 2.05) is 20.8 Å². The summed E-state index contributed by atoms with van der Waals surface area (Å²) in [4.78, 5) is 34.0. The van der Waals surface area contributed by atoms with Crippen LogP contribution in [0.2, 0.25) is 0 Å². The zero-order valence-corrected chi connectivity index (χ0v) is 17.7. The Morgan fingerprint density at radius 1 is 1.00 bits per heavy atom. The maximum Gasteiger partial charge on any atom is 0.364 e. The molecule has 0 spiro atoms. The molecule has 0 aromatic rings. The highest BCUT2D eigenvalue weighted by Crippen LogP contribution is 2.45. The minimum Gasteiger partial charge on any atom is -0.392 e. The lowest BCUT2D eigenvalue weighted by molar-refractivity contribution is -0.276. The van der Waals surface area contributed by atoms with Gasteiger partial charge in [0.2, 0.25) is 0 Å². The first-order chi connectivity index (χ1) is 11.9. The second kappa shape index (κ2) is 10.3. The molecule has 0 saturated heterocycles. The lowest BCUT2D eigenvalue weighted by atomic mass is 9.63. The Morgan fingerprint density at radius 2 is 1.54 bits per heavy atom. The van der Waals surface area contributed by atoms with Gasteiger partial charge in [0, 0.05) is 5.41 Å². The molecule has 0 rings (SSSR count). The Kier molecular flexibility index (Phi) is 9.81. The van der Waals surface area contributed by atoms with E-state index in [2.05, 4.69) is 4.89 Å². The number of carbonyl (C=O) groups excluding carboxylic acids is 2. The quantitative estimate of drug-likeness (QED) is 0.448. The minimum absolute atomic E-state index is 0.0878. The fraction of sp³-hybridized carbons (Fsp3) is 0.900. The van der Waals surface area contributed by atoms with Crippen molar-refractivity contribution < 1.29 is 29.6 Å². The molecule has 0 aliphatic rings. The lowest BCUT2D eigenvalue weighted by Crippen LogP contribution is -2.55. The Hall–Kier alpha value is -1.14. The van der Waals surface area contributed by atoms with E-state index in [0.29, 0.717) is 19.3 Å². The van der Waals surface area contributed by atoms with E-state index in [4.69, 9.17) is 4.89 Å². The highest BCUT2D eigenvalue weighted by Gasteiger charge is 2.54. The first kappa shape index (κ1) is 24.9. The van der Waals surface area contributed by atoms with E-state index in [1.54, 1.807) is 34.6 Å². The summed E-state index contributed by atoms with van der Waals surface area (Å²) in [6, 6.07) is 0. The Labute approximate surface area is 158 Å². The van der Waals surface area contributed by atoms with Crippen LogP contribution < -0.4 is 0 Å². The van der Waals surface area contributed by atoms with E-state index in [-0.39, 0.29) is 5.92 Å². The molecule has 0 aliphatic carbocycles. The monoisotopic (exact) mass is 374 g/mol. The molecule has 6 nitrogen and oxygen atoms in total. The zero-order valence-electron chi connectivity index (χ0n) is 17.7. The molecule has 0 radical (unpaired) electrons. The zero-order chi connectivity index (χ0) is 20.7. The number of unbranched alkanes of at least 4 members (excludes halogenated alkanes) is 1. The van der Waals surface area contributed by atoms with Gasteiger partial charge in [-0.1, -0.05) is 68.2 Å². The van der Waals surface area contributed by atoms with Crippen LogP contribution in [0.1, 0.15) is 81.1 Å². The van der Waals surface area contributed by atoms with Crippen LogP contribution in [0.3, 0.4) is 0 Å². The molecule has 0 aromatic heterocycles. The van der Waals surface area contributed by atoms with Crippen LogP contribution in [-0.2, 0) is 19.4 Å². The topological polar surface area (TPSA) is 93.1 Å². The number of aliphatic hydroxyl groups is 2. The van der Waals surface area contributed by atoms with Gasteiger partial charge in [-0.15, -0.1) is 0 Å². The maximum atomic E-state index is 12.9. The van der Waals surface area contributed by atoms with Crippen LogP contribution >= 0.6 is 0 Å². The lowest BCUT2D eigenvalue weighted by Gasteiger charge is -2.45. The predicted molar refractivity (Wildman–Crippen MR) is 99.9 cm³/mol. The fourth-order valence-corrected chi connectivity index (χ4v) is 3.35. The summed E-state index contributed by atoms with van der Waals surface area (Å²) in [5, 5.41) is 21.8. The van der Waals surface area contributed by atoms with E-state index >= 15 is 0 Å². The average molecular weight is 375 g/mol. The first-order valence-corrected chi connectivity index (χ1v) is 9.67. The molecule has 0 heterocycles. The molecule has 0 aromatic carbocycles. The normalized spacial score (nSPS) is 16.9. The van der Waals surface area contributed by atoms with Gasteiger partial charge in [-0.2, -0.15) is 0 Å². The molecule has 0 aliphatic heterocycles. The first-order valence-electron chi connectivity index (χ1n) is 9.67. The van der Waals surface area contributed by atoms with Gasteiger partial charge in [0.15, 0.2) is 0 Å². The van der Waals surface area contributed by atoms with Crippen LogP contribution in [0, 0.1) is 22.7 Å². The molecule has 0 bridgehead atoms. The average Bonchev–Trinajstić information content (AvgIpc) is 2.59. The van der Waals surface area contributed by atoms with Crippen LogP contribution in [-0.4, -0.2) is 34.4 Å². The smallest absolute Gasteiger partial charge is 0.364 e. The molecule has 0 fully saturated rings. The summed E-state index contributed by atoms with van der Waals surface area (Å²) in [5.74, 6) is -1.93. The van der Waals surface area contributed by atoms with Crippen molar-refractivity contribution in [3.63, 3.8) is 0 Å². The van der Waals surface area contributed by atoms with Crippen molar-refractivity contribution in [1.82, 2.24) is 0 Å². The van der Waals surface area contributed by atoms with Crippen molar-refractivity contribution in [1.29, 1.82) is 0 Å². The third kappa shape index (κ3) is 5.68. The molecule has 154 valence electrons. The van der Waals surface area contributed by atoms with Crippen molar-refractivity contribution in [2.75, 3.05) is 0 Å². The van der Waals surface area contributed by atoms with E-state index in [1.165, 1.54) is 0 Å². The number of aliphatic hydroxyl groups excluding tert-OH is 2. The second-order valence-corrected chi connectivity index (χ2v) is 8.45. The summed E-state index contributed by atoms with van der Waals surface area (Å²) in [5.41, 5.74) is -2.20. The molecule has 3 atom stereocenters. The number of carbonyl (C=O) groups is 2. The molecular formula is C20H38O6. The summed E-state index contributed by atoms with van der Waals surface area (Å²) < 4.78 is 0. The number of hydrogen-bond donors (Lipinski definition) is 2. The van der Waals surface area contributed by atoms with Crippen LogP contribution in [0.4, 0.5) is 0 Å². The van der Waals surface area contributed by atoms with E-state index < -0.39 is 40.9 Å². The Bertz CT molecular complexity index is 457. The van der Waals surface area contributed by atoms with Gasteiger partial charge in [0.25, 0.3) is 0 Å². The molecule has 3 unspecified atom stereocenters. The maximum absolute atomic E-state index is 12.9. The molecule has 26 heavy (non-hydrogen) atoms. The highest BCUT2D eigenvalue weighted by atomic mass is 17.2. The molecule has 0 amide bonds. The van der Waals surface area contributed by atoms with Crippen molar-refractivity contribution in [2.45, 2.75) is 93.3 Å². The third-order valence-corrected chi connectivity index (χ3v) is 5.31. The predicted octanol–water partition coefficient (Wildman–Crippen LogP) is 3.63. The van der Waals surface area contributed by atoms with Gasteiger partial charge >= 0.3 is 11.9 Å².